The lowest BCUT2D eigenvalue weighted by atomic mass is 9.86. The molecule has 8 aliphatic rings. The zero-order chi connectivity index (χ0) is 96.2. The summed E-state index contributed by atoms with van der Waals surface area (Å²) in [7, 11) is 0. The summed E-state index contributed by atoms with van der Waals surface area (Å²) in [4.78, 5) is 114. The van der Waals surface area contributed by atoms with Gasteiger partial charge in [0.1, 0.15) is 11.8 Å². The van der Waals surface area contributed by atoms with Gasteiger partial charge in [-0.3, -0.25) is 9.59 Å². The van der Waals surface area contributed by atoms with Gasteiger partial charge in [0.2, 0.25) is 0 Å². The van der Waals surface area contributed by atoms with Crippen LogP contribution in [0.1, 0.15) is 325 Å². The first-order valence-corrected chi connectivity index (χ1v) is 50.2. The summed E-state index contributed by atoms with van der Waals surface area (Å²) in [5, 5.41) is 2.84. The Labute approximate surface area is 805 Å². The maximum Gasteiger partial charge on any atom is 0.338 e. The van der Waals surface area contributed by atoms with E-state index >= 15 is 0 Å². The van der Waals surface area contributed by atoms with Crippen LogP contribution >= 0.6 is 0 Å². The molecular weight excluding hydrogens is 1700 g/mol. The lowest BCUT2D eigenvalue weighted by Gasteiger charge is -2.15. The van der Waals surface area contributed by atoms with Crippen molar-refractivity contribution in [1.82, 2.24) is 0 Å². The van der Waals surface area contributed by atoms with E-state index in [0.717, 1.165) is 154 Å². The largest absolute Gasteiger partial charge is 0.465 e. The van der Waals surface area contributed by atoms with Crippen LogP contribution in [0, 0.1) is 35.5 Å². The highest BCUT2D eigenvalue weighted by Gasteiger charge is 2.37. The normalized spacial score (nSPS) is 13.9. The van der Waals surface area contributed by atoms with Crippen molar-refractivity contribution in [3.05, 3.63) is 282 Å². The molecule has 0 aliphatic heterocycles. The van der Waals surface area contributed by atoms with E-state index in [0.29, 0.717) is 162 Å². The number of unbranched alkanes of at least 4 members (excludes halogenated alkanes) is 24. The number of carbonyl (C=O) groups excluding carboxylic acids is 8. The van der Waals surface area contributed by atoms with Crippen molar-refractivity contribution in [2.24, 2.45) is 11.8 Å². The number of fused-ring (bicyclic) bond motifs is 4. The van der Waals surface area contributed by atoms with Gasteiger partial charge >= 0.3 is 47.8 Å². The molecule has 0 saturated carbocycles. The molecule has 0 aromatic heterocycles. The molecule has 2 unspecified atom stereocenters. The number of benzene rings is 3. The van der Waals surface area contributed by atoms with Crippen molar-refractivity contribution in [1.29, 1.82) is 0 Å². The quantitative estimate of drug-likeness (QED) is 0.00866. The van der Waals surface area contributed by atoms with Crippen LogP contribution in [0.25, 0.3) is 54.9 Å². The summed E-state index contributed by atoms with van der Waals surface area (Å²) in [6.45, 7) is 18.8. The van der Waals surface area contributed by atoms with E-state index in [9.17, 15) is 38.4 Å². The maximum atomic E-state index is 14.3. The highest BCUT2D eigenvalue weighted by Crippen LogP contribution is 2.44. The molecule has 3 aromatic carbocycles. The second-order valence-electron chi connectivity index (χ2n) is 35.2. The van der Waals surface area contributed by atoms with E-state index in [1.807, 2.05) is 121 Å². The molecule has 8 aliphatic carbocycles. The van der Waals surface area contributed by atoms with E-state index in [2.05, 4.69) is 102 Å². The highest BCUT2D eigenvalue weighted by atomic mass is 16.6. The van der Waals surface area contributed by atoms with Gasteiger partial charge < -0.3 is 37.9 Å². The first kappa shape index (κ1) is 103. The van der Waals surface area contributed by atoms with E-state index in [-0.39, 0.29) is 86.3 Å². The fourth-order valence-corrected chi connectivity index (χ4v) is 17.1. The summed E-state index contributed by atoms with van der Waals surface area (Å²) in [6.07, 6.45) is 46.9. The van der Waals surface area contributed by atoms with Crippen LogP contribution in [-0.2, 0) is 57.1 Å². The number of rotatable bonds is 50. The molecule has 0 fully saturated rings. The van der Waals surface area contributed by atoms with Crippen molar-refractivity contribution < 1.29 is 76.3 Å². The minimum absolute atomic E-state index is 0.219. The Morgan fingerprint density at radius 2 is 0.522 bits per heavy atom. The Balaban J connectivity index is 1.14. The molecule has 3 aromatic rings. The average Bonchev–Trinajstić information content (AvgIpc) is 1.08. The number of hydrogen-bond donors (Lipinski definition) is 0. The summed E-state index contributed by atoms with van der Waals surface area (Å²) in [6, 6.07) is 33.4. The van der Waals surface area contributed by atoms with Crippen molar-refractivity contribution >= 4 is 80.4 Å². The zero-order valence-corrected chi connectivity index (χ0v) is 81.1. The summed E-state index contributed by atoms with van der Waals surface area (Å²) < 4.78 is 47.4. The lowest BCUT2D eigenvalue weighted by molar-refractivity contribution is -0.146. The monoisotopic (exact) mass is 1830 g/mol. The SMILES string of the molecule is CCCCCCOC(=O)C1=CC(C(=O)OCCCCCC)C2=C1C=CC(=C=C=C(C#Cc1ccc3c(C(=O)OCCCCCC)cc(C(=O)OCCCCCC)c-3cc1)c1c3ccccc3c(C(=C=C=C3C=CC4=C(C=C3)C(C(=O)OCCCCCC)C=C4C(=O)OCCCCCC)C#Cc3ccc4c(C(=O)OCCCCCC)cc(C(=O)OCCCCCC)c-4cc3)c3ccccc13)C=C2. The minimum Gasteiger partial charge on any atom is -0.465 e. The van der Waals surface area contributed by atoms with Crippen LogP contribution in [0.2, 0.25) is 0 Å². The van der Waals surface area contributed by atoms with Gasteiger partial charge in [0.05, 0.1) is 97.4 Å². The van der Waals surface area contributed by atoms with E-state index in [1.54, 1.807) is 48.6 Å². The fraction of sp³-hybridized carbons (Fsp3) is 0.417. The van der Waals surface area contributed by atoms with E-state index in [1.165, 1.54) is 0 Å². The molecule has 0 heterocycles. The van der Waals surface area contributed by atoms with Crippen LogP contribution in [0.3, 0.4) is 0 Å². The average molecular weight is 1830 g/mol. The Morgan fingerprint density at radius 3 is 0.787 bits per heavy atom. The van der Waals surface area contributed by atoms with Crippen molar-refractivity contribution in [3.63, 3.8) is 0 Å². The van der Waals surface area contributed by atoms with Gasteiger partial charge in [-0.1, -0.05) is 365 Å². The Morgan fingerprint density at radius 1 is 0.272 bits per heavy atom. The third-order valence-corrected chi connectivity index (χ3v) is 24.8. The summed E-state index contributed by atoms with van der Waals surface area (Å²) >= 11 is 0. The third-order valence-electron chi connectivity index (χ3n) is 24.8. The molecule has 16 nitrogen and oxygen atoms in total. The molecule has 0 radical (unpaired) electrons. The van der Waals surface area contributed by atoms with Gasteiger partial charge in [0.15, 0.2) is 0 Å². The molecule has 2 atom stereocenters. The Hall–Kier alpha value is -13.0. The predicted octanol–water partition coefficient (Wildman–Crippen LogP) is 27.8. The highest BCUT2D eigenvalue weighted by molar-refractivity contribution is 6.19. The zero-order valence-electron chi connectivity index (χ0n) is 81.1. The number of ether oxygens (including phenoxy) is 8. The number of allylic oxidation sites excluding steroid dienone is 12. The molecule has 0 saturated heterocycles. The number of carbonyl (C=O) groups is 8. The van der Waals surface area contributed by atoms with Gasteiger partial charge in [-0.25, -0.2) is 28.8 Å². The van der Waals surface area contributed by atoms with Crippen molar-refractivity contribution in [3.8, 4) is 45.9 Å². The van der Waals surface area contributed by atoms with Gasteiger partial charge in [0.25, 0.3) is 0 Å². The van der Waals surface area contributed by atoms with E-state index in [4.69, 9.17) is 37.9 Å². The van der Waals surface area contributed by atoms with Crippen molar-refractivity contribution in [2.75, 3.05) is 52.9 Å². The molecule has 0 bridgehead atoms. The smallest absolute Gasteiger partial charge is 0.338 e. The standard InChI is InChI=1S/C120H134O16/c1-9-17-25-37-73-129-113(121)103-81-104(114(122)130-74-38-26-18-10-2)92-66-54-85(53-65-91(92)103)49-61-89(62-50-86-55-67-93-94(68-56-86)106(116(124)132-76-40-28-20-12-4)82-105(93)115(123)131-75-39-27-19-11-3)111-99-45-33-35-47-101(99)112(102-48-36-34-46-100(102)111)90(63-51-87-57-69-95-96(70-58-87)108(118(126)134-78-42-30-22-14-6)83-107(95)117(125)133-77-41-29-21-13-5)64-52-88-59-71-97-98(72-60-88)110(120(128)136-80-44-32-24-16-8)84-109(97)119(127)135-79-43-31-23-15-7/h33-36,45-48,53-60,65-72,81-84,103,107H,9-32,37-44,73-80H2,1-8H3. The molecule has 16 heteroatoms. The summed E-state index contributed by atoms with van der Waals surface area (Å²) in [5.41, 5.74) is 23.9. The van der Waals surface area contributed by atoms with Gasteiger partial charge in [-0.2, -0.15) is 0 Å². The molecule has 710 valence electrons. The Kier molecular flexibility index (Phi) is 42.4. The van der Waals surface area contributed by atoms with Crippen LogP contribution in [0.5, 0.6) is 0 Å². The third kappa shape index (κ3) is 29.0. The van der Waals surface area contributed by atoms with Crippen LogP contribution < -0.4 is 0 Å². The summed E-state index contributed by atoms with van der Waals surface area (Å²) in [5.74, 6) is 8.11. The van der Waals surface area contributed by atoms with Crippen LogP contribution in [0.15, 0.2) is 237 Å². The molecule has 136 heavy (non-hydrogen) atoms. The molecule has 11 rings (SSSR count). The first-order valence-electron chi connectivity index (χ1n) is 50.2. The second-order valence-corrected chi connectivity index (χ2v) is 35.2. The first-order chi connectivity index (χ1) is 66.6. The topological polar surface area (TPSA) is 210 Å². The molecular formula is C120H134O16. The second kappa shape index (κ2) is 55.7. The molecule has 0 N–H and O–H groups in total. The van der Waals surface area contributed by atoms with Gasteiger partial charge in [0, 0.05) is 33.4 Å². The number of hydrogen-bond acceptors (Lipinski definition) is 16. The maximum absolute atomic E-state index is 14.3. The van der Waals surface area contributed by atoms with Gasteiger partial charge in [-0.05, 0) is 178 Å². The molecule has 0 spiro atoms. The lowest BCUT2D eigenvalue weighted by Crippen LogP contribution is -2.17. The Bertz CT molecular complexity index is 5460. The predicted molar refractivity (Wildman–Crippen MR) is 541 cm³/mol. The van der Waals surface area contributed by atoms with E-state index < -0.39 is 59.6 Å². The fourth-order valence-electron chi connectivity index (χ4n) is 17.1. The number of esters is 8. The van der Waals surface area contributed by atoms with Gasteiger partial charge in [-0.15, -0.1) is 0 Å². The van der Waals surface area contributed by atoms with Crippen LogP contribution in [-0.4, -0.2) is 101 Å². The van der Waals surface area contributed by atoms with Crippen molar-refractivity contribution in [2.45, 2.75) is 261 Å². The molecule has 0 amide bonds. The van der Waals surface area contributed by atoms with Crippen LogP contribution in [0.4, 0.5) is 0 Å². The minimum atomic E-state index is -0.898.